The number of hydrogen-bond acceptors (Lipinski definition) is 3. The molecule has 1 saturated carbocycles. The van der Waals surface area contributed by atoms with Gasteiger partial charge < -0.3 is 9.47 Å². The number of ether oxygens (including phenoxy) is 2. The summed E-state index contributed by atoms with van der Waals surface area (Å²) in [6.45, 7) is 2.03. The monoisotopic (exact) mass is 341 g/mol. The van der Waals surface area contributed by atoms with Gasteiger partial charge >= 0.3 is 0 Å². The highest BCUT2D eigenvalue weighted by molar-refractivity contribution is 5.24. The molecule has 3 rings (SSSR count). The molecule has 3 nitrogen and oxygen atoms in total. The third-order valence-corrected chi connectivity index (χ3v) is 5.66. The summed E-state index contributed by atoms with van der Waals surface area (Å²) in [5, 5.41) is 0. The van der Waals surface area contributed by atoms with Crippen LogP contribution in [0.3, 0.4) is 0 Å². The van der Waals surface area contributed by atoms with Gasteiger partial charge in [0, 0.05) is 46.2 Å². The Hall–Kier alpha value is -1.42. The van der Waals surface area contributed by atoms with Crippen LogP contribution < -0.4 is 0 Å². The molecule has 0 bridgehead atoms. The molecule has 0 heterocycles. The van der Waals surface area contributed by atoms with Crippen LogP contribution in [-0.2, 0) is 16.0 Å². The zero-order chi connectivity index (χ0) is 17.5. The first-order valence-electron chi connectivity index (χ1n) is 9.48. The second kappa shape index (κ2) is 8.79. The fraction of sp³-hybridized carbons (Fsp3) is 0.545. The summed E-state index contributed by atoms with van der Waals surface area (Å²) < 4.78 is 11.3. The van der Waals surface area contributed by atoms with Crippen LogP contribution in [-0.4, -0.2) is 37.5 Å². The summed E-state index contributed by atoms with van der Waals surface area (Å²) in [6.07, 6.45) is 13.5. The van der Waals surface area contributed by atoms with E-state index in [1.165, 1.54) is 24.0 Å². The van der Waals surface area contributed by atoms with Gasteiger partial charge in [-0.1, -0.05) is 48.6 Å². The van der Waals surface area contributed by atoms with Crippen LogP contribution in [0.2, 0.25) is 0 Å². The SMILES string of the molecule is COC1(OC)CCC(N(CC2=CCCC=C2)Cc2ccccc2)CC1. The van der Waals surface area contributed by atoms with Crippen molar-refractivity contribution in [3.8, 4) is 0 Å². The molecule has 0 aliphatic heterocycles. The zero-order valence-corrected chi connectivity index (χ0v) is 15.6. The van der Waals surface area contributed by atoms with Gasteiger partial charge in [0.05, 0.1) is 0 Å². The maximum absolute atomic E-state index is 5.66. The van der Waals surface area contributed by atoms with Crippen molar-refractivity contribution >= 4 is 0 Å². The van der Waals surface area contributed by atoms with Gasteiger partial charge in [0.1, 0.15) is 0 Å². The number of rotatable bonds is 7. The molecule has 136 valence electrons. The Balaban J connectivity index is 1.70. The Bertz CT molecular complexity index is 579. The van der Waals surface area contributed by atoms with E-state index in [0.717, 1.165) is 38.8 Å². The Morgan fingerprint density at radius 2 is 1.72 bits per heavy atom. The molecule has 0 amide bonds. The van der Waals surface area contributed by atoms with E-state index in [0.29, 0.717) is 6.04 Å². The third-order valence-electron chi connectivity index (χ3n) is 5.66. The Morgan fingerprint density at radius 3 is 2.32 bits per heavy atom. The molecule has 3 heteroatoms. The van der Waals surface area contributed by atoms with Gasteiger partial charge in [-0.15, -0.1) is 0 Å². The summed E-state index contributed by atoms with van der Waals surface area (Å²) in [5.74, 6) is -0.376. The number of allylic oxidation sites excluding steroid dienone is 2. The molecule has 2 aliphatic carbocycles. The molecular weight excluding hydrogens is 310 g/mol. The highest BCUT2D eigenvalue weighted by atomic mass is 16.7. The van der Waals surface area contributed by atoms with Crippen molar-refractivity contribution in [2.75, 3.05) is 20.8 Å². The summed E-state index contributed by atoms with van der Waals surface area (Å²) in [5.41, 5.74) is 2.84. The minimum atomic E-state index is -0.376. The van der Waals surface area contributed by atoms with Crippen molar-refractivity contribution in [1.82, 2.24) is 4.90 Å². The lowest BCUT2D eigenvalue weighted by Crippen LogP contribution is -2.45. The highest BCUT2D eigenvalue weighted by Gasteiger charge is 2.37. The van der Waals surface area contributed by atoms with Crippen LogP contribution in [0.25, 0.3) is 0 Å². The van der Waals surface area contributed by atoms with Crippen LogP contribution in [0, 0.1) is 0 Å². The minimum Gasteiger partial charge on any atom is -0.353 e. The number of benzene rings is 1. The quantitative estimate of drug-likeness (QED) is 0.671. The first-order valence-corrected chi connectivity index (χ1v) is 9.48. The van der Waals surface area contributed by atoms with Crippen molar-refractivity contribution in [3.05, 3.63) is 59.7 Å². The largest absolute Gasteiger partial charge is 0.353 e. The van der Waals surface area contributed by atoms with Gasteiger partial charge in [-0.05, 0) is 36.8 Å². The minimum absolute atomic E-state index is 0.376. The molecule has 25 heavy (non-hydrogen) atoms. The van der Waals surface area contributed by atoms with Crippen LogP contribution in [0.1, 0.15) is 44.1 Å². The fourth-order valence-corrected chi connectivity index (χ4v) is 4.05. The lowest BCUT2D eigenvalue weighted by atomic mass is 9.88. The predicted octanol–water partition coefficient (Wildman–Crippen LogP) is 4.70. The van der Waals surface area contributed by atoms with Gasteiger partial charge in [0.15, 0.2) is 5.79 Å². The van der Waals surface area contributed by atoms with Crippen LogP contribution in [0.15, 0.2) is 54.1 Å². The summed E-state index contributed by atoms with van der Waals surface area (Å²) in [4.78, 5) is 2.64. The average molecular weight is 341 g/mol. The van der Waals surface area contributed by atoms with E-state index in [1.807, 2.05) is 0 Å². The van der Waals surface area contributed by atoms with E-state index in [4.69, 9.17) is 9.47 Å². The lowest BCUT2D eigenvalue weighted by Gasteiger charge is -2.42. The van der Waals surface area contributed by atoms with Gasteiger partial charge in [0.25, 0.3) is 0 Å². The second-order valence-electron chi connectivity index (χ2n) is 7.20. The molecule has 0 unspecified atom stereocenters. The molecule has 0 N–H and O–H groups in total. The van der Waals surface area contributed by atoms with Crippen molar-refractivity contribution in [1.29, 1.82) is 0 Å². The molecule has 1 fully saturated rings. The van der Waals surface area contributed by atoms with E-state index in [9.17, 15) is 0 Å². The van der Waals surface area contributed by atoms with E-state index in [2.05, 4.69) is 53.5 Å². The van der Waals surface area contributed by atoms with E-state index < -0.39 is 0 Å². The maximum Gasteiger partial charge on any atom is 0.167 e. The van der Waals surface area contributed by atoms with E-state index >= 15 is 0 Å². The zero-order valence-electron chi connectivity index (χ0n) is 15.6. The first-order chi connectivity index (χ1) is 12.2. The topological polar surface area (TPSA) is 21.7 Å². The molecule has 0 radical (unpaired) electrons. The molecule has 0 spiro atoms. The number of hydrogen-bond donors (Lipinski definition) is 0. The molecule has 0 atom stereocenters. The normalized spacial score (nSPS) is 20.7. The van der Waals surface area contributed by atoms with Gasteiger partial charge in [-0.2, -0.15) is 0 Å². The predicted molar refractivity (Wildman–Crippen MR) is 102 cm³/mol. The van der Waals surface area contributed by atoms with E-state index in [-0.39, 0.29) is 5.79 Å². The first kappa shape index (κ1) is 18.4. The van der Waals surface area contributed by atoms with Crippen molar-refractivity contribution < 1.29 is 9.47 Å². The lowest BCUT2D eigenvalue weighted by molar-refractivity contribution is -0.228. The number of methoxy groups -OCH3 is 2. The Kier molecular flexibility index (Phi) is 6.46. The second-order valence-corrected chi connectivity index (χ2v) is 7.20. The van der Waals surface area contributed by atoms with Gasteiger partial charge in [0.2, 0.25) is 0 Å². The summed E-state index contributed by atoms with van der Waals surface area (Å²) in [7, 11) is 3.53. The number of nitrogens with zero attached hydrogens (tertiary/aromatic N) is 1. The van der Waals surface area contributed by atoms with Gasteiger partial charge in [-0.25, -0.2) is 0 Å². The molecule has 0 aromatic heterocycles. The van der Waals surface area contributed by atoms with E-state index in [1.54, 1.807) is 14.2 Å². The fourth-order valence-electron chi connectivity index (χ4n) is 4.05. The smallest absolute Gasteiger partial charge is 0.167 e. The summed E-state index contributed by atoms with van der Waals surface area (Å²) >= 11 is 0. The van der Waals surface area contributed by atoms with Crippen LogP contribution >= 0.6 is 0 Å². The van der Waals surface area contributed by atoms with Crippen molar-refractivity contribution in [3.63, 3.8) is 0 Å². The average Bonchev–Trinajstić information content (AvgIpc) is 2.69. The van der Waals surface area contributed by atoms with Crippen LogP contribution in [0.4, 0.5) is 0 Å². The standard InChI is InChI=1S/C22H31NO2/c1-24-22(25-2)15-13-21(14-16-22)23(17-19-9-5-3-6-10-19)18-20-11-7-4-8-12-20/h3,5-7,9-12,21H,4,8,13-18H2,1-2H3. The van der Waals surface area contributed by atoms with Crippen molar-refractivity contribution in [2.24, 2.45) is 0 Å². The molecular formula is C22H31NO2. The Morgan fingerprint density at radius 1 is 1.00 bits per heavy atom. The third kappa shape index (κ3) is 4.81. The summed E-state index contributed by atoms with van der Waals surface area (Å²) in [6, 6.07) is 11.4. The molecule has 1 aromatic carbocycles. The Labute approximate surface area is 152 Å². The van der Waals surface area contributed by atoms with Crippen molar-refractivity contribution in [2.45, 2.75) is 56.9 Å². The molecule has 2 aliphatic rings. The molecule has 1 aromatic rings. The van der Waals surface area contributed by atoms with Crippen LogP contribution in [0.5, 0.6) is 0 Å². The highest BCUT2D eigenvalue weighted by Crippen LogP contribution is 2.35. The van der Waals surface area contributed by atoms with Gasteiger partial charge in [-0.3, -0.25) is 4.90 Å². The molecule has 0 saturated heterocycles. The maximum atomic E-state index is 5.66.